The van der Waals surface area contributed by atoms with Crippen molar-refractivity contribution in [2.24, 2.45) is 10.7 Å². The maximum Gasteiger partial charge on any atom is 0.338 e. The summed E-state index contributed by atoms with van der Waals surface area (Å²) in [7, 11) is 0. The van der Waals surface area contributed by atoms with Gasteiger partial charge in [0, 0.05) is 0 Å². The lowest BCUT2D eigenvalue weighted by Gasteiger charge is -2.36. The van der Waals surface area contributed by atoms with Crippen molar-refractivity contribution in [3.8, 4) is 6.07 Å². The maximum absolute atomic E-state index is 13.1. The van der Waals surface area contributed by atoms with E-state index in [1.807, 2.05) is 49.4 Å². The topological polar surface area (TPSA) is 91.7 Å². The van der Waals surface area contributed by atoms with E-state index in [4.69, 9.17) is 15.5 Å². The zero-order valence-electron chi connectivity index (χ0n) is 16.9. The van der Waals surface area contributed by atoms with Crippen LogP contribution in [0.5, 0.6) is 0 Å². The summed E-state index contributed by atoms with van der Waals surface area (Å²) < 4.78 is 5.44. The monoisotopic (exact) mass is 418 g/mol. The van der Waals surface area contributed by atoms with Gasteiger partial charge in [-0.15, -0.1) is 0 Å². The number of rotatable bonds is 5. The number of nitriles is 1. The second kappa shape index (κ2) is 8.25. The third-order valence-corrected chi connectivity index (χ3v) is 6.14. The first kappa shape index (κ1) is 20.0. The van der Waals surface area contributed by atoms with Crippen LogP contribution in [0, 0.1) is 11.3 Å². The number of thioether (sulfide) groups is 1. The van der Waals surface area contributed by atoms with Gasteiger partial charge in [-0.2, -0.15) is 5.26 Å². The quantitative estimate of drug-likeness (QED) is 0.715. The second-order valence-corrected chi connectivity index (χ2v) is 7.97. The predicted octanol–water partition coefficient (Wildman–Crippen LogP) is 4.57. The molecule has 0 bridgehead atoms. The molecule has 0 aliphatic carbocycles. The van der Waals surface area contributed by atoms with Crippen LogP contribution in [-0.4, -0.2) is 22.6 Å². The lowest BCUT2D eigenvalue weighted by atomic mass is 9.89. The summed E-state index contributed by atoms with van der Waals surface area (Å²) >= 11 is 1.25. The van der Waals surface area contributed by atoms with Crippen molar-refractivity contribution >= 4 is 33.7 Å². The average molecular weight is 419 g/mol. The number of fused-ring (bicyclic) bond motifs is 2. The van der Waals surface area contributed by atoms with E-state index < -0.39 is 12.0 Å². The van der Waals surface area contributed by atoms with Gasteiger partial charge in [-0.1, -0.05) is 55.8 Å². The van der Waals surface area contributed by atoms with Gasteiger partial charge in [-0.3, -0.25) is 4.90 Å². The fourth-order valence-corrected chi connectivity index (χ4v) is 4.81. The van der Waals surface area contributed by atoms with Crippen molar-refractivity contribution < 1.29 is 9.53 Å². The molecule has 4 rings (SSSR count). The molecule has 0 amide bonds. The zero-order valence-corrected chi connectivity index (χ0v) is 17.7. The number of amidine groups is 1. The molecule has 2 N–H and O–H groups in total. The van der Waals surface area contributed by atoms with E-state index in [1.165, 1.54) is 11.8 Å². The molecule has 0 radical (unpaired) electrons. The first-order valence-corrected chi connectivity index (χ1v) is 10.8. The number of aliphatic imine (C=N–C) groups is 1. The molecule has 0 saturated carbocycles. The summed E-state index contributed by atoms with van der Waals surface area (Å²) in [6, 6.07) is 15.7. The van der Waals surface area contributed by atoms with Crippen LogP contribution in [-0.2, 0) is 9.53 Å². The number of esters is 1. The van der Waals surface area contributed by atoms with Gasteiger partial charge in [-0.25, -0.2) is 9.79 Å². The summed E-state index contributed by atoms with van der Waals surface area (Å²) in [5.74, 6) is -0.0820. The molecule has 0 aromatic heterocycles. The minimum atomic E-state index is -0.512. The normalized spacial score (nSPS) is 18.4. The van der Waals surface area contributed by atoms with Crippen molar-refractivity contribution in [3.63, 3.8) is 0 Å². The zero-order chi connectivity index (χ0) is 21.3. The Morgan fingerprint density at radius 2 is 2.03 bits per heavy atom. The number of hydrogen-bond acceptors (Lipinski definition) is 7. The molecule has 2 aromatic carbocycles. The predicted molar refractivity (Wildman–Crippen MR) is 119 cm³/mol. The summed E-state index contributed by atoms with van der Waals surface area (Å²) in [6.45, 7) is 4.10. The highest BCUT2D eigenvalue weighted by Gasteiger charge is 2.43. The Hall–Kier alpha value is -3.24. The average Bonchev–Trinajstić information content (AvgIpc) is 3.08. The molecule has 2 aliphatic heterocycles. The standard InChI is InChI=1S/C23H22N4O2S/c1-3-8-17-19(22(28)29-4-2)20(27-21(25)18(13-24)30-23(27)26-17)16-12-7-10-14-9-5-6-11-15(14)16/h5-7,9-12,20H,3-4,8,25H2,1-2H3/t20-/m1/s1. The smallest absolute Gasteiger partial charge is 0.338 e. The largest absolute Gasteiger partial charge is 0.463 e. The molecule has 7 heteroatoms. The number of hydrogen-bond donors (Lipinski definition) is 1. The van der Waals surface area contributed by atoms with Crippen LogP contribution in [0.15, 0.2) is 69.5 Å². The van der Waals surface area contributed by atoms with Crippen molar-refractivity contribution in [3.05, 3.63) is 70.0 Å². The number of nitrogens with two attached hydrogens (primary N) is 1. The van der Waals surface area contributed by atoms with E-state index in [0.29, 0.717) is 33.6 Å². The van der Waals surface area contributed by atoms with Crippen LogP contribution in [0.25, 0.3) is 10.8 Å². The molecule has 0 spiro atoms. The highest BCUT2D eigenvalue weighted by molar-refractivity contribution is 8.17. The Morgan fingerprint density at radius 3 is 2.77 bits per heavy atom. The van der Waals surface area contributed by atoms with Gasteiger partial charge >= 0.3 is 5.97 Å². The fourth-order valence-electron chi connectivity index (χ4n) is 3.92. The van der Waals surface area contributed by atoms with Gasteiger partial charge in [0.15, 0.2) is 5.17 Å². The summed E-state index contributed by atoms with van der Waals surface area (Å²) in [5, 5.41) is 12.3. The third kappa shape index (κ3) is 3.23. The van der Waals surface area contributed by atoms with E-state index in [-0.39, 0.29) is 6.61 Å². The third-order valence-electron chi connectivity index (χ3n) is 5.17. The lowest BCUT2D eigenvalue weighted by Crippen LogP contribution is -2.39. The minimum Gasteiger partial charge on any atom is -0.463 e. The molecule has 30 heavy (non-hydrogen) atoms. The van der Waals surface area contributed by atoms with Gasteiger partial charge in [0.25, 0.3) is 0 Å². The van der Waals surface area contributed by atoms with Crippen LogP contribution in [0.4, 0.5) is 0 Å². The highest BCUT2D eigenvalue weighted by Crippen LogP contribution is 2.47. The number of nitrogens with zero attached hydrogens (tertiary/aromatic N) is 3. The van der Waals surface area contributed by atoms with Gasteiger partial charge in [0.05, 0.1) is 23.9 Å². The number of carbonyl (C=O) groups excluding carboxylic acids is 1. The summed E-state index contributed by atoms with van der Waals surface area (Å²) in [5.41, 5.74) is 8.49. The molecule has 1 atom stereocenters. The van der Waals surface area contributed by atoms with Gasteiger partial charge in [-0.05, 0) is 41.4 Å². The van der Waals surface area contributed by atoms with Crippen molar-refractivity contribution in [1.82, 2.24) is 4.90 Å². The first-order valence-electron chi connectivity index (χ1n) is 9.94. The van der Waals surface area contributed by atoms with Gasteiger partial charge in [0.2, 0.25) is 0 Å². The number of benzene rings is 2. The van der Waals surface area contributed by atoms with E-state index >= 15 is 0 Å². The Kier molecular flexibility index (Phi) is 5.51. The van der Waals surface area contributed by atoms with Crippen molar-refractivity contribution in [2.75, 3.05) is 6.61 Å². The fraction of sp³-hybridized carbons (Fsp3) is 0.261. The van der Waals surface area contributed by atoms with E-state index in [1.54, 1.807) is 11.8 Å². The summed E-state index contributed by atoms with van der Waals surface area (Å²) in [6.07, 6.45) is 1.46. The van der Waals surface area contributed by atoms with Crippen LogP contribution in [0.1, 0.15) is 38.3 Å². The molecular formula is C23H22N4O2S. The number of carbonyl (C=O) groups is 1. The lowest BCUT2D eigenvalue weighted by molar-refractivity contribution is -0.139. The SMILES string of the molecule is CCCC1=C(C(=O)OCC)[C@@H](c2cccc3ccccc23)N2C(=N1)SC(C#N)=C2N. The highest BCUT2D eigenvalue weighted by atomic mass is 32.2. The Labute approximate surface area is 179 Å². The molecular weight excluding hydrogens is 396 g/mol. The van der Waals surface area contributed by atoms with Crippen LogP contribution in [0.3, 0.4) is 0 Å². The van der Waals surface area contributed by atoms with Gasteiger partial charge < -0.3 is 10.5 Å². The van der Waals surface area contributed by atoms with Gasteiger partial charge in [0.1, 0.15) is 16.8 Å². The Bertz CT molecular complexity index is 1150. The van der Waals surface area contributed by atoms with E-state index in [0.717, 1.165) is 22.8 Å². The molecule has 2 heterocycles. The van der Waals surface area contributed by atoms with Crippen molar-refractivity contribution in [2.45, 2.75) is 32.7 Å². The molecule has 2 aliphatic rings. The molecule has 152 valence electrons. The van der Waals surface area contributed by atoms with Crippen LogP contribution >= 0.6 is 11.8 Å². The van der Waals surface area contributed by atoms with Crippen molar-refractivity contribution in [1.29, 1.82) is 5.26 Å². The first-order chi connectivity index (χ1) is 14.6. The Balaban J connectivity index is 2.01. The maximum atomic E-state index is 13.1. The number of allylic oxidation sites excluding steroid dienone is 2. The number of ether oxygens (including phenoxy) is 1. The Morgan fingerprint density at radius 1 is 1.27 bits per heavy atom. The molecule has 2 aromatic rings. The van der Waals surface area contributed by atoms with E-state index in [9.17, 15) is 10.1 Å². The molecule has 0 saturated heterocycles. The minimum absolute atomic E-state index is 0.268. The van der Waals surface area contributed by atoms with E-state index in [2.05, 4.69) is 6.07 Å². The summed E-state index contributed by atoms with van der Waals surface area (Å²) in [4.78, 5) is 20.1. The van der Waals surface area contributed by atoms with Crippen LogP contribution in [0.2, 0.25) is 0 Å². The second-order valence-electron chi connectivity index (χ2n) is 6.99. The van der Waals surface area contributed by atoms with Crippen LogP contribution < -0.4 is 5.73 Å². The molecule has 6 nitrogen and oxygen atoms in total. The molecule has 0 fully saturated rings. The molecule has 0 unspecified atom stereocenters.